The van der Waals surface area contributed by atoms with E-state index in [0.717, 1.165) is 19.3 Å². The maximum Gasteiger partial charge on any atom is 0.327 e. The SMILES string of the molecule is CCC(CCN)CCC(=O)N1C(C(=O)O)CSC1C(C)C. The van der Waals surface area contributed by atoms with Gasteiger partial charge in [0.15, 0.2) is 0 Å². The molecule has 0 saturated carbocycles. The van der Waals surface area contributed by atoms with Crippen LogP contribution in [0.4, 0.5) is 0 Å². The molecule has 1 saturated heterocycles. The number of thioether (sulfide) groups is 1. The van der Waals surface area contributed by atoms with Gasteiger partial charge in [0.1, 0.15) is 6.04 Å². The molecule has 0 spiro atoms. The van der Waals surface area contributed by atoms with Gasteiger partial charge in [0.05, 0.1) is 5.37 Å². The molecule has 0 bridgehead atoms. The van der Waals surface area contributed by atoms with Crippen LogP contribution in [0.5, 0.6) is 0 Å². The summed E-state index contributed by atoms with van der Waals surface area (Å²) in [5.41, 5.74) is 5.58. The van der Waals surface area contributed by atoms with E-state index in [0.29, 0.717) is 24.6 Å². The molecule has 3 unspecified atom stereocenters. The second-order valence-electron chi connectivity index (χ2n) is 6.01. The third-order valence-electron chi connectivity index (χ3n) is 4.10. The van der Waals surface area contributed by atoms with Gasteiger partial charge in [0.2, 0.25) is 5.91 Å². The molecule has 0 aromatic carbocycles. The van der Waals surface area contributed by atoms with Gasteiger partial charge in [-0.05, 0) is 31.2 Å². The largest absolute Gasteiger partial charge is 0.480 e. The van der Waals surface area contributed by atoms with Crippen molar-refractivity contribution < 1.29 is 14.7 Å². The summed E-state index contributed by atoms with van der Waals surface area (Å²) in [6, 6.07) is -0.676. The first-order chi connectivity index (χ1) is 9.92. The number of carboxylic acids is 1. The molecule has 122 valence electrons. The van der Waals surface area contributed by atoms with Crippen LogP contribution < -0.4 is 5.73 Å². The summed E-state index contributed by atoms with van der Waals surface area (Å²) in [5, 5.41) is 9.30. The Balaban J connectivity index is 2.68. The lowest BCUT2D eigenvalue weighted by Crippen LogP contribution is -2.47. The fraction of sp³-hybridized carbons (Fsp3) is 0.867. The molecule has 0 aromatic rings. The second kappa shape index (κ2) is 8.63. The smallest absolute Gasteiger partial charge is 0.327 e. The van der Waals surface area contributed by atoms with E-state index < -0.39 is 12.0 Å². The number of hydrogen-bond acceptors (Lipinski definition) is 4. The first kappa shape index (κ1) is 18.3. The van der Waals surface area contributed by atoms with Crippen molar-refractivity contribution in [1.29, 1.82) is 0 Å². The number of amides is 1. The van der Waals surface area contributed by atoms with Crippen molar-refractivity contribution in [2.24, 2.45) is 17.6 Å². The van der Waals surface area contributed by atoms with Crippen LogP contribution in [-0.2, 0) is 9.59 Å². The summed E-state index contributed by atoms with van der Waals surface area (Å²) in [4.78, 5) is 25.5. The zero-order chi connectivity index (χ0) is 16.0. The van der Waals surface area contributed by atoms with E-state index in [2.05, 4.69) is 6.92 Å². The van der Waals surface area contributed by atoms with Crippen LogP contribution in [0.2, 0.25) is 0 Å². The summed E-state index contributed by atoms with van der Waals surface area (Å²) in [7, 11) is 0. The van der Waals surface area contributed by atoms with Gasteiger partial charge in [-0.25, -0.2) is 4.79 Å². The van der Waals surface area contributed by atoms with Crippen LogP contribution in [0.15, 0.2) is 0 Å². The van der Waals surface area contributed by atoms with E-state index in [4.69, 9.17) is 5.73 Å². The van der Waals surface area contributed by atoms with Gasteiger partial charge < -0.3 is 15.7 Å². The molecule has 1 aliphatic rings. The monoisotopic (exact) mass is 316 g/mol. The predicted octanol–water partition coefficient (Wildman–Crippen LogP) is 2.15. The topological polar surface area (TPSA) is 83.6 Å². The molecule has 6 heteroatoms. The molecule has 1 fully saturated rings. The maximum absolute atomic E-state index is 12.5. The molecule has 5 nitrogen and oxygen atoms in total. The Kier molecular flexibility index (Phi) is 7.52. The van der Waals surface area contributed by atoms with Crippen LogP contribution in [-0.4, -0.2) is 45.6 Å². The quantitative estimate of drug-likeness (QED) is 0.717. The molecule has 3 atom stereocenters. The minimum atomic E-state index is -0.895. The third-order valence-corrected chi connectivity index (χ3v) is 5.72. The van der Waals surface area contributed by atoms with Crippen molar-refractivity contribution in [2.75, 3.05) is 12.3 Å². The van der Waals surface area contributed by atoms with E-state index >= 15 is 0 Å². The van der Waals surface area contributed by atoms with Crippen molar-refractivity contribution in [3.05, 3.63) is 0 Å². The number of rotatable bonds is 8. The lowest BCUT2D eigenvalue weighted by molar-refractivity contribution is -0.149. The van der Waals surface area contributed by atoms with Crippen molar-refractivity contribution in [1.82, 2.24) is 4.90 Å². The molecule has 0 aliphatic carbocycles. The Morgan fingerprint density at radius 1 is 1.38 bits per heavy atom. The van der Waals surface area contributed by atoms with Crippen LogP contribution in [0, 0.1) is 11.8 Å². The number of nitrogens with two attached hydrogens (primary N) is 1. The Bertz CT molecular complexity index is 363. The highest BCUT2D eigenvalue weighted by Gasteiger charge is 2.42. The summed E-state index contributed by atoms with van der Waals surface area (Å²) in [6.07, 6.45) is 3.15. The Labute approximate surface area is 131 Å². The Morgan fingerprint density at radius 3 is 2.52 bits per heavy atom. The average molecular weight is 316 g/mol. The van der Waals surface area contributed by atoms with Gasteiger partial charge in [-0.3, -0.25) is 4.79 Å². The van der Waals surface area contributed by atoms with Crippen molar-refractivity contribution in [2.45, 2.75) is 57.9 Å². The van der Waals surface area contributed by atoms with E-state index in [1.54, 1.807) is 16.7 Å². The van der Waals surface area contributed by atoms with E-state index in [1.807, 2.05) is 13.8 Å². The number of carbonyl (C=O) groups is 2. The van der Waals surface area contributed by atoms with Crippen LogP contribution in [0.1, 0.15) is 46.5 Å². The molecule has 1 aliphatic heterocycles. The molecule has 1 heterocycles. The highest BCUT2D eigenvalue weighted by molar-refractivity contribution is 8.00. The molecule has 0 radical (unpaired) electrons. The van der Waals surface area contributed by atoms with Gasteiger partial charge in [0.25, 0.3) is 0 Å². The molecular weight excluding hydrogens is 288 g/mol. The molecule has 3 N–H and O–H groups in total. The Hall–Kier alpha value is -0.750. The highest BCUT2D eigenvalue weighted by atomic mass is 32.2. The fourth-order valence-corrected chi connectivity index (χ4v) is 4.28. The van der Waals surface area contributed by atoms with Crippen LogP contribution in [0.25, 0.3) is 0 Å². The number of carbonyl (C=O) groups excluding carboxylic acids is 1. The predicted molar refractivity (Wildman–Crippen MR) is 86.0 cm³/mol. The Morgan fingerprint density at radius 2 is 2.05 bits per heavy atom. The maximum atomic E-state index is 12.5. The van der Waals surface area contributed by atoms with Gasteiger partial charge in [-0.1, -0.05) is 27.2 Å². The van der Waals surface area contributed by atoms with Crippen molar-refractivity contribution in [3.63, 3.8) is 0 Å². The molecule has 0 aromatic heterocycles. The summed E-state index contributed by atoms with van der Waals surface area (Å²) in [5.74, 6) is 0.281. The number of carboxylic acid groups (broad SMARTS) is 1. The lowest BCUT2D eigenvalue weighted by Gasteiger charge is -2.30. The minimum Gasteiger partial charge on any atom is -0.480 e. The normalized spacial score (nSPS) is 23.6. The molecular formula is C15H28N2O3S. The number of hydrogen-bond donors (Lipinski definition) is 2. The van der Waals surface area contributed by atoms with Crippen LogP contribution >= 0.6 is 11.8 Å². The molecule has 1 amide bonds. The van der Waals surface area contributed by atoms with E-state index in [1.165, 1.54) is 0 Å². The zero-order valence-corrected chi connectivity index (χ0v) is 14.1. The van der Waals surface area contributed by atoms with Crippen molar-refractivity contribution in [3.8, 4) is 0 Å². The number of nitrogens with zero attached hydrogens (tertiary/aromatic N) is 1. The van der Waals surface area contributed by atoms with E-state index in [9.17, 15) is 14.7 Å². The first-order valence-corrected chi connectivity index (χ1v) is 8.82. The fourth-order valence-electron chi connectivity index (χ4n) is 2.79. The summed E-state index contributed by atoms with van der Waals surface area (Å²) in [6.45, 7) is 6.81. The number of aliphatic carboxylic acids is 1. The zero-order valence-electron chi connectivity index (χ0n) is 13.2. The minimum absolute atomic E-state index is 0.0202. The van der Waals surface area contributed by atoms with Crippen molar-refractivity contribution >= 4 is 23.6 Å². The van der Waals surface area contributed by atoms with Gasteiger partial charge >= 0.3 is 5.97 Å². The standard InChI is InChI=1S/C15H28N2O3S/c1-4-11(7-8-16)5-6-13(18)17-12(15(19)20)9-21-14(17)10(2)3/h10-12,14H,4-9,16H2,1-3H3,(H,19,20). The third kappa shape index (κ3) is 4.88. The molecule has 1 rings (SSSR count). The summed E-state index contributed by atoms with van der Waals surface area (Å²) < 4.78 is 0. The van der Waals surface area contributed by atoms with Gasteiger partial charge in [-0.2, -0.15) is 0 Å². The van der Waals surface area contributed by atoms with E-state index in [-0.39, 0.29) is 17.2 Å². The van der Waals surface area contributed by atoms with Gasteiger partial charge in [-0.15, -0.1) is 11.8 Å². The van der Waals surface area contributed by atoms with Gasteiger partial charge in [0, 0.05) is 12.2 Å². The summed E-state index contributed by atoms with van der Waals surface area (Å²) >= 11 is 1.58. The lowest BCUT2D eigenvalue weighted by atomic mass is 9.96. The highest BCUT2D eigenvalue weighted by Crippen LogP contribution is 2.35. The average Bonchev–Trinajstić information content (AvgIpc) is 2.88. The first-order valence-electron chi connectivity index (χ1n) is 7.77. The molecule has 21 heavy (non-hydrogen) atoms. The second-order valence-corrected chi connectivity index (χ2v) is 7.16. The van der Waals surface area contributed by atoms with Crippen LogP contribution in [0.3, 0.4) is 0 Å².